The third kappa shape index (κ3) is 3.51. The summed E-state index contributed by atoms with van der Waals surface area (Å²) >= 11 is 0. The maximum Gasteiger partial charge on any atom is 0.247 e. The van der Waals surface area contributed by atoms with Crippen molar-refractivity contribution in [1.82, 2.24) is 10.2 Å². The largest absolute Gasteiger partial charge is 0.334 e. The number of nitrogens with two attached hydrogens (primary N) is 1. The summed E-state index contributed by atoms with van der Waals surface area (Å²) < 4.78 is 0. The first-order valence-corrected chi connectivity index (χ1v) is 6.45. The van der Waals surface area contributed by atoms with E-state index in [0.29, 0.717) is 18.0 Å². The summed E-state index contributed by atoms with van der Waals surface area (Å²) in [6, 6.07) is 10.4. The fraction of sp³-hybridized carbons (Fsp3) is 0.462. The quantitative estimate of drug-likeness (QED) is 0.265. The molecule has 0 unspecified atom stereocenters. The number of guanidine groups is 1. The molecule has 1 heterocycles. The van der Waals surface area contributed by atoms with E-state index >= 15 is 0 Å². The van der Waals surface area contributed by atoms with E-state index in [4.69, 9.17) is 5.84 Å². The van der Waals surface area contributed by atoms with Crippen LogP contribution in [-0.2, 0) is 0 Å². The molecule has 2 atom stereocenters. The van der Waals surface area contributed by atoms with Gasteiger partial charge in [0, 0.05) is 25.2 Å². The number of para-hydroxylation sites is 1. The van der Waals surface area contributed by atoms with Crippen molar-refractivity contribution in [3.63, 3.8) is 0 Å². The minimum absolute atomic E-state index is 0.309. The lowest BCUT2D eigenvalue weighted by molar-refractivity contribution is 0.231. The number of hydrogen-bond acceptors (Lipinski definition) is 3. The second-order valence-corrected chi connectivity index (χ2v) is 4.77. The summed E-state index contributed by atoms with van der Waals surface area (Å²) in [5.41, 5.74) is 0.850. The van der Waals surface area contributed by atoms with Gasteiger partial charge in [0.15, 0.2) is 0 Å². The monoisotopic (exact) mass is 260 g/mol. The molecule has 0 amide bonds. The highest BCUT2D eigenvalue weighted by atomic mass is 15.4. The number of benzene rings is 1. The summed E-state index contributed by atoms with van der Waals surface area (Å²) in [5.74, 6) is 5.77. The normalized spacial score (nSPS) is 24.9. The molecule has 0 spiro atoms. The van der Waals surface area contributed by atoms with Gasteiger partial charge in [-0.1, -0.05) is 28.5 Å². The Morgan fingerprint density at radius 2 is 2.05 bits per heavy atom. The molecule has 0 saturated carbocycles. The van der Waals surface area contributed by atoms with E-state index in [1.54, 1.807) is 0 Å². The minimum Gasteiger partial charge on any atom is -0.334 e. The SMILES string of the molecule is C[C@@H]1CN(C(N=NN)=Nc2ccccc2)[C@@H](C)CN1. The van der Waals surface area contributed by atoms with E-state index in [9.17, 15) is 0 Å². The Balaban J connectivity index is 2.26. The number of nitrogens with zero attached hydrogens (tertiary/aromatic N) is 4. The number of nitrogens with one attached hydrogen (secondary N) is 1. The zero-order valence-corrected chi connectivity index (χ0v) is 11.3. The van der Waals surface area contributed by atoms with Gasteiger partial charge in [0.25, 0.3) is 0 Å². The van der Waals surface area contributed by atoms with Crippen LogP contribution in [0.5, 0.6) is 0 Å². The van der Waals surface area contributed by atoms with Gasteiger partial charge in [0.05, 0.1) is 5.69 Å². The highest BCUT2D eigenvalue weighted by molar-refractivity contribution is 5.83. The Morgan fingerprint density at radius 3 is 2.74 bits per heavy atom. The second-order valence-electron chi connectivity index (χ2n) is 4.77. The maximum atomic E-state index is 5.21. The van der Waals surface area contributed by atoms with E-state index in [1.165, 1.54) is 0 Å². The molecule has 0 aromatic heterocycles. The predicted octanol–water partition coefficient (Wildman–Crippen LogP) is 1.68. The molecule has 102 valence electrons. The van der Waals surface area contributed by atoms with E-state index < -0.39 is 0 Å². The van der Waals surface area contributed by atoms with Gasteiger partial charge in [-0.05, 0) is 26.0 Å². The predicted molar refractivity (Wildman–Crippen MR) is 76.2 cm³/mol. The third-order valence-corrected chi connectivity index (χ3v) is 3.15. The smallest absolute Gasteiger partial charge is 0.247 e. The summed E-state index contributed by atoms with van der Waals surface area (Å²) in [7, 11) is 0. The number of hydrogen-bond donors (Lipinski definition) is 2. The van der Waals surface area contributed by atoms with Gasteiger partial charge in [0.2, 0.25) is 5.96 Å². The molecule has 0 radical (unpaired) electrons. The molecule has 6 heteroatoms. The van der Waals surface area contributed by atoms with Crippen molar-refractivity contribution < 1.29 is 0 Å². The first kappa shape index (κ1) is 13.5. The van der Waals surface area contributed by atoms with E-state index in [2.05, 4.69) is 39.4 Å². The van der Waals surface area contributed by atoms with Crippen molar-refractivity contribution in [3.8, 4) is 0 Å². The molecule has 19 heavy (non-hydrogen) atoms. The number of piperazine rings is 1. The average molecular weight is 260 g/mol. The van der Waals surface area contributed by atoms with E-state index in [-0.39, 0.29) is 0 Å². The van der Waals surface area contributed by atoms with Crippen molar-refractivity contribution in [2.24, 2.45) is 21.2 Å². The van der Waals surface area contributed by atoms with Crippen LogP contribution in [0, 0.1) is 0 Å². The summed E-state index contributed by atoms with van der Waals surface area (Å²) in [6.07, 6.45) is 0. The molecule has 1 fully saturated rings. The fourth-order valence-corrected chi connectivity index (χ4v) is 2.11. The van der Waals surface area contributed by atoms with Crippen LogP contribution in [0.3, 0.4) is 0 Å². The zero-order valence-electron chi connectivity index (χ0n) is 11.3. The Bertz CT molecular complexity index is 455. The van der Waals surface area contributed by atoms with Gasteiger partial charge in [0.1, 0.15) is 0 Å². The van der Waals surface area contributed by atoms with Crippen LogP contribution in [0.1, 0.15) is 13.8 Å². The van der Waals surface area contributed by atoms with Crippen LogP contribution in [-0.4, -0.2) is 36.0 Å². The van der Waals surface area contributed by atoms with Gasteiger partial charge in [-0.15, -0.1) is 0 Å². The molecule has 1 saturated heterocycles. The standard InChI is InChI=1S/C13H20N6/c1-10-9-19(11(2)8-15-10)13(17-18-14)16-12-6-4-3-5-7-12/h3-7,10-11,15H,8-9H2,1-2H3,(H2,14,16,17)/t10-,11+/m1/s1. The fourth-order valence-electron chi connectivity index (χ4n) is 2.11. The molecule has 2 rings (SSSR count). The van der Waals surface area contributed by atoms with Crippen molar-refractivity contribution in [3.05, 3.63) is 30.3 Å². The Labute approximate surface area is 113 Å². The second kappa shape index (κ2) is 6.29. The molecule has 1 aliphatic rings. The molecular weight excluding hydrogens is 240 g/mol. The van der Waals surface area contributed by atoms with Gasteiger partial charge in [-0.3, -0.25) is 0 Å². The summed E-state index contributed by atoms with van der Waals surface area (Å²) in [4.78, 5) is 6.66. The molecule has 0 aliphatic carbocycles. The van der Waals surface area contributed by atoms with Crippen molar-refractivity contribution in [2.75, 3.05) is 13.1 Å². The lowest BCUT2D eigenvalue weighted by Gasteiger charge is -2.37. The Hall–Kier alpha value is -1.95. The van der Waals surface area contributed by atoms with Gasteiger partial charge >= 0.3 is 0 Å². The minimum atomic E-state index is 0.309. The Morgan fingerprint density at radius 1 is 1.32 bits per heavy atom. The summed E-state index contributed by atoms with van der Waals surface area (Å²) in [6.45, 7) is 6.00. The van der Waals surface area contributed by atoms with Crippen LogP contribution < -0.4 is 11.2 Å². The van der Waals surface area contributed by atoms with Gasteiger partial charge in [-0.25, -0.2) is 4.99 Å². The van der Waals surface area contributed by atoms with Crippen LogP contribution in [0.25, 0.3) is 0 Å². The highest BCUT2D eigenvalue weighted by Gasteiger charge is 2.25. The van der Waals surface area contributed by atoms with Crippen molar-refractivity contribution >= 4 is 11.6 Å². The topological polar surface area (TPSA) is 78.4 Å². The van der Waals surface area contributed by atoms with Crippen LogP contribution in [0.4, 0.5) is 5.69 Å². The highest BCUT2D eigenvalue weighted by Crippen LogP contribution is 2.15. The van der Waals surface area contributed by atoms with E-state index in [0.717, 1.165) is 18.8 Å². The van der Waals surface area contributed by atoms with Gasteiger partial charge < -0.3 is 16.1 Å². The van der Waals surface area contributed by atoms with Crippen LogP contribution >= 0.6 is 0 Å². The third-order valence-electron chi connectivity index (χ3n) is 3.15. The van der Waals surface area contributed by atoms with Crippen LogP contribution in [0.2, 0.25) is 0 Å². The first-order chi connectivity index (χ1) is 9.20. The number of rotatable bonds is 1. The molecule has 6 nitrogen and oxygen atoms in total. The van der Waals surface area contributed by atoms with Crippen molar-refractivity contribution in [2.45, 2.75) is 25.9 Å². The molecule has 1 aromatic carbocycles. The lowest BCUT2D eigenvalue weighted by atomic mass is 10.1. The first-order valence-electron chi connectivity index (χ1n) is 6.45. The van der Waals surface area contributed by atoms with Gasteiger partial charge in [-0.2, -0.15) is 0 Å². The molecule has 1 aromatic rings. The molecule has 1 aliphatic heterocycles. The van der Waals surface area contributed by atoms with Crippen LogP contribution in [0.15, 0.2) is 45.7 Å². The average Bonchev–Trinajstić information content (AvgIpc) is 2.42. The Kier molecular flexibility index (Phi) is 4.46. The number of aliphatic imine (C=N–C) groups is 1. The molecule has 3 N–H and O–H groups in total. The summed E-state index contributed by atoms with van der Waals surface area (Å²) in [5, 5.41) is 10.8. The van der Waals surface area contributed by atoms with E-state index in [1.807, 2.05) is 30.3 Å². The lowest BCUT2D eigenvalue weighted by Crippen LogP contribution is -2.55. The molecular formula is C13H20N6. The zero-order chi connectivity index (χ0) is 13.7. The maximum absolute atomic E-state index is 5.21. The van der Waals surface area contributed by atoms with Crippen molar-refractivity contribution in [1.29, 1.82) is 0 Å². The molecule has 0 bridgehead atoms.